The van der Waals surface area contributed by atoms with Crippen molar-refractivity contribution in [2.24, 2.45) is 0 Å². The summed E-state index contributed by atoms with van der Waals surface area (Å²) in [5.74, 6) is 0.351. The van der Waals surface area contributed by atoms with Crippen molar-refractivity contribution in [2.75, 3.05) is 13.7 Å². The summed E-state index contributed by atoms with van der Waals surface area (Å²) in [7, 11) is 1.55. The second-order valence-electron chi connectivity index (χ2n) is 5.07. The molecular weight excluding hydrogens is 241 g/mol. The Labute approximate surface area is 114 Å². The predicted molar refractivity (Wildman–Crippen MR) is 75.9 cm³/mol. The van der Waals surface area contributed by atoms with E-state index in [0.29, 0.717) is 11.3 Å². The maximum absolute atomic E-state index is 13.9. The zero-order valence-corrected chi connectivity index (χ0v) is 11.7. The quantitative estimate of drug-likeness (QED) is 0.784. The van der Waals surface area contributed by atoms with Gasteiger partial charge in [-0.15, -0.1) is 0 Å². The average Bonchev–Trinajstić information content (AvgIpc) is 2.91. The fourth-order valence-corrected chi connectivity index (χ4v) is 2.51. The fourth-order valence-electron chi connectivity index (χ4n) is 2.51. The Morgan fingerprint density at radius 2 is 2.26 bits per heavy atom. The molecule has 0 bridgehead atoms. The molecule has 0 saturated carbocycles. The van der Waals surface area contributed by atoms with Crippen LogP contribution in [-0.2, 0) is 0 Å². The van der Waals surface area contributed by atoms with E-state index in [1.165, 1.54) is 30.9 Å². The Morgan fingerprint density at radius 1 is 1.42 bits per heavy atom. The summed E-state index contributed by atoms with van der Waals surface area (Å²) < 4.78 is 18.9. The van der Waals surface area contributed by atoms with E-state index < -0.39 is 0 Å². The van der Waals surface area contributed by atoms with Crippen molar-refractivity contribution < 1.29 is 9.13 Å². The molecule has 19 heavy (non-hydrogen) atoms. The zero-order chi connectivity index (χ0) is 13.7. The normalized spacial score (nSPS) is 16.3. The summed E-state index contributed by atoms with van der Waals surface area (Å²) in [6.45, 7) is 2.90. The van der Waals surface area contributed by atoms with Gasteiger partial charge in [-0.2, -0.15) is 0 Å². The third-order valence-corrected chi connectivity index (χ3v) is 3.71. The van der Waals surface area contributed by atoms with E-state index in [1.54, 1.807) is 19.2 Å². The lowest BCUT2D eigenvalue weighted by Crippen LogP contribution is -2.21. The molecule has 0 spiro atoms. The summed E-state index contributed by atoms with van der Waals surface area (Å²) in [5.41, 5.74) is 2.23. The molecule has 1 atom stereocenters. The van der Waals surface area contributed by atoms with E-state index in [-0.39, 0.29) is 11.9 Å². The largest absolute Gasteiger partial charge is 0.497 e. The molecular formula is C16H22FNO. The van der Waals surface area contributed by atoms with Gasteiger partial charge in [-0.3, -0.25) is 0 Å². The highest BCUT2D eigenvalue weighted by molar-refractivity contribution is 5.30. The second kappa shape index (κ2) is 6.71. The lowest BCUT2D eigenvalue weighted by atomic mass is 10.1. The molecule has 104 valence electrons. The van der Waals surface area contributed by atoms with Crippen LogP contribution in [0.4, 0.5) is 4.39 Å². The first-order valence-electron chi connectivity index (χ1n) is 6.95. The summed E-state index contributed by atoms with van der Waals surface area (Å²) in [4.78, 5) is 0. The van der Waals surface area contributed by atoms with Crippen molar-refractivity contribution in [3.8, 4) is 5.75 Å². The fraction of sp³-hybridized carbons (Fsp3) is 0.500. The molecule has 0 saturated heterocycles. The van der Waals surface area contributed by atoms with E-state index >= 15 is 0 Å². The predicted octanol–water partition coefficient (Wildman–Crippen LogP) is 3.99. The van der Waals surface area contributed by atoms with Crippen LogP contribution < -0.4 is 10.1 Å². The van der Waals surface area contributed by atoms with Crippen LogP contribution in [0.25, 0.3) is 0 Å². The topological polar surface area (TPSA) is 21.3 Å². The number of methoxy groups -OCH3 is 1. The Hall–Kier alpha value is -1.35. The van der Waals surface area contributed by atoms with Gasteiger partial charge in [0.2, 0.25) is 0 Å². The molecule has 0 fully saturated rings. The van der Waals surface area contributed by atoms with Gasteiger partial charge in [-0.1, -0.05) is 17.7 Å². The molecule has 1 aliphatic carbocycles. The Morgan fingerprint density at radius 3 is 2.89 bits per heavy atom. The zero-order valence-electron chi connectivity index (χ0n) is 11.7. The summed E-state index contributed by atoms with van der Waals surface area (Å²) >= 11 is 0. The van der Waals surface area contributed by atoms with Crippen molar-refractivity contribution in [2.45, 2.75) is 38.6 Å². The van der Waals surface area contributed by atoms with Crippen molar-refractivity contribution in [1.82, 2.24) is 5.32 Å². The maximum Gasteiger partial charge on any atom is 0.131 e. The molecule has 1 N–H and O–H groups in total. The number of ether oxygens (including phenoxy) is 1. The van der Waals surface area contributed by atoms with Crippen molar-refractivity contribution in [3.63, 3.8) is 0 Å². The van der Waals surface area contributed by atoms with Crippen LogP contribution in [0.1, 0.15) is 44.2 Å². The van der Waals surface area contributed by atoms with Crippen LogP contribution in [0.3, 0.4) is 0 Å². The summed E-state index contributed by atoms with van der Waals surface area (Å²) in [6.07, 6.45) is 7.14. The van der Waals surface area contributed by atoms with E-state index in [4.69, 9.17) is 4.74 Å². The van der Waals surface area contributed by atoms with Gasteiger partial charge >= 0.3 is 0 Å². The van der Waals surface area contributed by atoms with Crippen LogP contribution in [0.2, 0.25) is 0 Å². The van der Waals surface area contributed by atoms with E-state index in [0.717, 1.165) is 13.0 Å². The number of rotatable bonds is 6. The van der Waals surface area contributed by atoms with Gasteiger partial charge in [0.1, 0.15) is 11.6 Å². The molecule has 0 aromatic heterocycles. The van der Waals surface area contributed by atoms with Crippen LogP contribution in [-0.4, -0.2) is 13.7 Å². The Balaban J connectivity index is 1.86. The van der Waals surface area contributed by atoms with E-state index in [1.807, 2.05) is 6.92 Å². The number of benzene rings is 1. The van der Waals surface area contributed by atoms with Gasteiger partial charge in [0.05, 0.1) is 7.11 Å². The molecule has 2 rings (SSSR count). The van der Waals surface area contributed by atoms with Gasteiger partial charge in [0, 0.05) is 17.7 Å². The highest BCUT2D eigenvalue weighted by Gasteiger charge is 2.12. The standard InChI is InChI=1S/C16H22FNO/c1-12(18-10-9-13-5-3-4-6-13)15-8-7-14(19-2)11-16(15)17/h5,7-8,11-12,18H,3-4,6,9-10H2,1-2H3. The monoisotopic (exact) mass is 263 g/mol. The average molecular weight is 263 g/mol. The second-order valence-corrected chi connectivity index (χ2v) is 5.07. The summed E-state index contributed by atoms with van der Waals surface area (Å²) in [6, 6.07) is 5.05. The Bertz CT molecular complexity index is 456. The first-order chi connectivity index (χ1) is 9.20. The highest BCUT2D eigenvalue weighted by atomic mass is 19.1. The number of hydrogen-bond acceptors (Lipinski definition) is 2. The smallest absolute Gasteiger partial charge is 0.131 e. The van der Waals surface area contributed by atoms with Crippen LogP contribution in [0.15, 0.2) is 29.8 Å². The minimum absolute atomic E-state index is 0.0212. The molecule has 0 heterocycles. The molecule has 0 aliphatic heterocycles. The molecule has 0 radical (unpaired) electrons. The first-order valence-corrected chi connectivity index (χ1v) is 6.95. The van der Waals surface area contributed by atoms with Crippen LogP contribution in [0.5, 0.6) is 5.75 Å². The number of hydrogen-bond donors (Lipinski definition) is 1. The van der Waals surface area contributed by atoms with Crippen LogP contribution in [0, 0.1) is 5.82 Å². The lowest BCUT2D eigenvalue weighted by molar-refractivity contribution is 0.409. The number of halogens is 1. The lowest BCUT2D eigenvalue weighted by Gasteiger charge is -2.16. The van der Waals surface area contributed by atoms with Crippen molar-refractivity contribution in [1.29, 1.82) is 0 Å². The van der Waals surface area contributed by atoms with E-state index in [2.05, 4.69) is 11.4 Å². The first kappa shape index (κ1) is 14.1. The van der Waals surface area contributed by atoms with Crippen molar-refractivity contribution >= 4 is 0 Å². The molecule has 1 aromatic rings. The van der Waals surface area contributed by atoms with Crippen molar-refractivity contribution in [3.05, 3.63) is 41.2 Å². The molecule has 1 aromatic carbocycles. The maximum atomic E-state index is 13.9. The molecule has 1 aliphatic rings. The van der Waals surface area contributed by atoms with Gasteiger partial charge in [0.15, 0.2) is 0 Å². The van der Waals surface area contributed by atoms with Gasteiger partial charge in [-0.25, -0.2) is 4.39 Å². The SMILES string of the molecule is COc1ccc(C(C)NCCC2=CCCC2)c(F)c1. The van der Waals surface area contributed by atoms with Gasteiger partial charge in [-0.05, 0) is 45.2 Å². The minimum atomic E-state index is -0.209. The molecule has 1 unspecified atom stereocenters. The number of allylic oxidation sites excluding steroid dienone is 1. The van der Waals surface area contributed by atoms with Gasteiger partial charge < -0.3 is 10.1 Å². The molecule has 0 amide bonds. The minimum Gasteiger partial charge on any atom is -0.497 e. The molecule has 2 nitrogen and oxygen atoms in total. The van der Waals surface area contributed by atoms with Gasteiger partial charge in [0.25, 0.3) is 0 Å². The number of nitrogens with one attached hydrogen (secondary N) is 1. The third-order valence-electron chi connectivity index (χ3n) is 3.71. The van der Waals surface area contributed by atoms with Crippen LogP contribution >= 0.6 is 0 Å². The molecule has 3 heteroatoms. The third kappa shape index (κ3) is 3.80. The van der Waals surface area contributed by atoms with E-state index in [9.17, 15) is 4.39 Å². The Kier molecular flexibility index (Phi) is 4.97. The summed E-state index contributed by atoms with van der Waals surface area (Å²) in [5, 5.41) is 3.38. The highest BCUT2D eigenvalue weighted by Crippen LogP contribution is 2.23.